The zero-order valence-electron chi connectivity index (χ0n) is 6.71. The maximum absolute atomic E-state index is 10.9. The van der Waals surface area contributed by atoms with Gasteiger partial charge < -0.3 is 9.15 Å². The first-order chi connectivity index (χ1) is 6.11. The lowest BCUT2D eigenvalue weighted by Crippen LogP contribution is -1.98. The third-order valence-electron chi connectivity index (χ3n) is 1.25. The molecule has 0 spiro atoms. The minimum absolute atomic E-state index is 0.424. The van der Waals surface area contributed by atoms with E-state index in [1.54, 1.807) is 12.1 Å². The van der Waals surface area contributed by atoms with Crippen molar-refractivity contribution in [3.05, 3.63) is 31.7 Å². The van der Waals surface area contributed by atoms with E-state index in [2.05, 4.69) is 31.9 Å². The lowest BCUT2D eigenvalue weighted by molar-refractivity contribution is 0.400. The molecule has 0 unspecified atom stereocenters. The summed E-state index contributed by atoms with van der Waals surface area (Å²) in [6, 6.07) is 2.89. The second-order valence-electron chi connectivity index (χ2n) is 2.15. The first-order valence-electron chi connectivity index (χ1n) is 3.33. The van der Waals surface area contributed by atoms with E-state index in [4.69, 9.17) is 9.15 Å². The SMILES string of the molecule is COc1cc(C=C(Br)Br)oc(=O)c1. The van der Waals surface area contributed by atoms with Crippen LogP contribution < -0.4 is 10.4 Å². The van der Waals surface area contributed by atoms with Crippen LogP contribution in [0.1, 0.15) is 5.76 Å². The molecule has 0 aliphatic rings. The molecule has 0 N–H and O–H groups in total. The van der Waals surface area contributed by atoms with Crippen LogP contribution in [-0.4, -0.2) is 7.11 Å². The molecule has 1 aromatic rings. The van der Waals surface area contributed by atoms with E-state index in [9.17, 15) is 4.79 Å². The molecular weight excluding hydrogens is 304 g/mol. The highest BCUT2D eigenvalue weighted by Gasteiger charge is 1.99. The van der Waals surface area contributed by atoms with Crippen molar-refractivity contribution in [2.75, 3.05) is 7.11 Å². The summed E-state index contributed by atoms with van der Waals surface area (Å²) >= 11 is 6.31. The van der Waals surface area contributed by atoms with Crippen molar-refractivity contribution in [3.8, 4) is 5.75 Å². The van der Waals surface area contributed by atoms with Gasteiger partial charge in [-0.25, -0.2) is 4.79 Å². The first-order valence-corrected chi connectivity index (χ1v) is 4.92. The summed E-state index contributed by atoms with van der Waals surface area (Å²) in [5.41, 5.74) is -0.438. The van der Waals surface area contributed by atoms with Crippen LogP contribution in [0, 0.1) is 0 Å². The molecule has 0 atom stereocenters. The summed E-state index contributed by atoms with van der Waals surface area (Å²) in [5.74, 6) is 0.900. The minimum atomic E-state index is -0.438. The Morgan fingerprint density at radius 2 is 2.23 bits per heavy atom. The topological polar surface area (TPSA) is 39.4 Å². The average molecular weight is 310 g/mol. The smallest absolute Gasteiger partial charge is 0.339 e. The van der Waals surface area contributed by atoms with Crippen molar-refractivity contribution in [2.45, 2.75) is 0 Å². The Kier molecular flexibility index (Phi) is 3.74. The molecule has 0 saturated carbocycles. The molecule has 1 aromatic heterocycles. The minimum Gasteiger partial charge on any atom is -0.496 e. The molecule has 0 saturated heterocycles. The molecule has 3 nitrogen and oxygen atoms in total. The molecule has 13 heavy (non-hydrogen) atoms. The highest BCUT2D eigenvalue weighted by atomic mass is 79.9. The van der Waals surface area contributed by atoms with Crippen molar-refractivity contribution in [1.82, 2.24) is 0 Å². The van der Waals surface area contributed by atoms with E-state index >= 15 is 0 Å². The van der Waals surface area contributed by atoms with Crippen LogP contribution in [0.4, 0.5) is 0 Å². The Labute approximate surface area is 91.7 Å². The molecule has 70 valence electrons. The summed E-state index contributed by atoms with van der Waals surface area (Å²) < 4.78 is 10.4. The largest absolute Gasteiger partial charge is 0.496 e. The lowest BCUT2D eigenvalue weighted by Gasteiger charge is -1.98. The van der Waals surface area contributed by atoms with Crippen LogP contribution in [0.2, 0.25) is 0 Å². The van der Waals surface area contributed by atoms with E-state index < -0.39 is 5.63 Å². The molecule has 5 heteroatoms. The number of rotatable bonds is 2. The van der Waals surface area contributed by atoms with Crippen LogP contribution in [0.15, 0.2) is 24.7 Å². The van der Waals surface area contributed by atoms with Gasteiger partial charge in [0.1, 0.15) is 11.5 Å². The Morgan fingerprint density at radius 3 is 2.77 bits per heavy atom. The molecule has 0 aromatic carbocycles. The van der Waals surface area contributed by atoms with E-state index in [1.807, 2.05) is 0 Å². The maximum Gasteiger partial charge on any atom is 0.339 e. The van der Waals surface area contributed by atoms with Gasteiger partial charge in [0.25, 0.3) is 0 Å². The van der Waals surface area contributed by atoms with Gasteiger partial charge >= 0.3 is 5.63 Å². The van der Waals surface area contributed by atoms with Crippen molar-refractivity contribution < 1.29 is 9.15 Å². The standard InChI is InChI=1S/C8H6Br2O3/c1-12-5-2-6(3-7(9)10)13-8(11)4-5/h2-4H,1H3. The third-order valence-corrected chi connectivity index (χ3v) is 1.71. The van der Waals surface area contributed by atoms with Gasteiger partial charge in [0, 0.05) is 12.1 Å². The van der Waals surface area contributed by atoms with Gasteiger partial charge in [-0.05, 0) is 31.9 Å². The number of hydrogen-bond acceptors (Lipinski definition) is 3. The van der Waals surface area contributed by atoms with Gasteiger partial charge in [0.2, 0.25) is 0 Å². The lowest BCUT2D eigenvalue weighted by atomic mass is 10.4. The third kappa shape index (κ3) is 3.36. The fraction of sp³-hybridized carbons (Fsp3) is 0.125. The molecule has 0 amide bonds. The van der Waals surface area contributed by atoms with Gasteiger partial charge in [-0.2, -0.15) is 0 Å². The Balaban J connectivity index is 3.16. The molecule has 1 rings (SSSR count). The highest BCUT2D eigenvalue weighted by molar-refractivity contribution is 9.28. The monoisotopic (exact) mass is 308 g/mol. The van der Waals surface area contributed by atoms with E-state index in [1.165, 1.54) is 13.2 Å². The van der Waals surface area contributed by atoms with Crippen LogP contribution in [0.25, 0.3) is 6.08 Å². The quantitative estimate of drug-likeness (QED) is 0.843. The second kappa shape index (κ2) is 4.62. The Hall–Kier alpha value is -0.550. The van der Waals surface area contributed by atoms with E-state index in [0.717, 1.165) is 0 Å². The number of halogens is 2. The van der Waals surface area contributed by atoms with Gasteiger partial charge in [-0.15, -0.1) is 0 Å². The fourth-order valence-corrected chi connectivity index (χ4v) is 1.22. The van der Waals surface area contributed by atoms with Crippen LogP contribution >= 0.6 is 31.9 Å². The normalized spacial score (nSPS) is 9.46. The Morgan fingerprint density at radius 1 is 1.54 bits per heavy atom. The number of ether oxygens (including phenoxy) is 1. The summed E-state index contributed by atoms with van der Waals surface area (Å²) in [6.45, 7) is 0. The number of hydrogen-bond donors (Lipinski definition) is 0. The van der Waals surface area contributed by atoms with Gasteiger partial charge in [0.05, 0.1) is 16.6 Å². The predicted molar refractivity (Wildman–Crippen MR) is 57.4 cm³/mol. The van der Waals surface area contributed by atoms with Crippen molar-refractivity contribution in [1.29, 1.82) is 0 Å². The summed E-state index contributed by atoms with van der Waals surface area (Å²) in [5, 5.41) is 0. The van der Waals surface area contributed by atoms with Gasteiger partial charge in [-0.3, -0.25) is 0 Å². The second-order valence-corrected chi connectivity index (χ2v) is 4.93. The fourth-order valence-electron chi connectivity index (χ4n) is 0.770. The molecule has 0 fully saturated rings. The molecule has 0 bridgehead atoms. The molecule has 0 aliphatic carbocycles. The number of methoxy groups -OCH3 is 1. The maximum atomic E-state index is 10.9. The van der Waals surface area contributed by atoms with Crippen molar-refractivity contribution in [3.63, 3.8) is 0 Å². The predicted octanol–water partition coefficient (Wildman–Crippen LogP) is 2.74. The van der Waals surface area contributed by atoms with Crippen LogP contribution in [0.5, 0.6) is 5.75 Å². The summed E-state index contributed by atoms with van der Waals surface area (Å²) in [4.78, 5) is 10.9. The van der Waals surface area contributed by atoms with Gasteiger partial charge in [-0.1, -0.05) is 0 Å². The van der Waals surface area contributed by atoms with Crippen LogP contribution in [0.3, 0.4) is 0 Å². The average Bonchev–Trinajstić information content (AvgIpc) is 2.01. The summed E-state index contributed by atoms with van der Waals surface area (Å²) in [7, 11) is 1.49. The zero-order chi connectivity index (χ0) is 9.84. The summed E-state index contributed by atoms with van der Waals surface area (Å²) in [6.07, 6.45) is 1.62. The molecular formula is C8H6Br2O3. The van der Waals surface area contributed by atoms with Crippen LogP contribution in [-0.2, 0) is 0 Å². The zero-order valence-corrected chi connectivity index (χ0v) is 9.88. The van der Waals surface area contributed by atoms with Crippen molar-refractivity contribution in [2.24, 2.45) is 0 Å². The Bertz CT molecular complexity index is 377. The molecule has 0 radical (unpaired) electrons. The highest BCUT2D eigenvalue weighted by Crippen LogP contribution is 2.19. The molecule has 0 aliphatic heterocycles. The van der Waals surface area contributed by atoms with E-state index in [-0.39, 0.29) is 0 Å². The van der Waals surface area contributed by atoms with E-state index in [0.29, 0.717) is 14.9 Å². The van der Waals surface area contributed by atoms with Gasteiger partial charge in [0.15, 0.2) is 0 Å². The first kappa shape index (κ1) is 10.5. The molecule has 1 heterocycles. The van der Waals surface area contributed by atoms with Crippen molar-refractivity contribution >= 4 is 37.9 Å².